The summed E-state index contributed by atoms with van der Waals surface area (Å²) in [6.45, 7) is 4.48. The molecule has 0 radical (unpaired) electrons. The summed E-state index contributed by atoms with van der Waals surface area (Å²) in [5, 5.41) is 15.1. The minimum Gasteiger partial charge on any atom is -0.484 e. The Morgan fingerprint density at radius 1 is 1.55 bits per heavy atom. The van der Waals surface area contributed by atoms with Crippen LogP contribution in [-0.2, 0) is 0 Å². The Hall–Kier alpha value is -1.43. The normalized spacial score (nSPS) is 18.2. The van der Waals surface area contributed by atoms with Crippen molar-refractivity contribution in [2.24, 2.45) is 0 Å². The fourth-order valence-corrected chi connectivity index (χ4v) is 3.43. The highest BCUT2D eigenvalue weighted by Crippen LogP contribution is 2.36. The molecule has 5 nitrogen and oxygen atoms in total. The minimum absolute atomic E-state index is 0.0317. The quantitative estimate of drug-likeness (QED) is 0.640. The lowest BCUT2D eigenvalue weighted by molar-refractivity contribution is -0.385. The van der Waals surface area contributed by atoms with Crippen LogP contribution in [0.15, 0.2) is 18.2 Å². The van der Waals surface area contributed by atoms with Crippen molar-refractivity contribution in [3.05, 3.63) is 28.3 Å². The molecule has 0 amide bonds. The van der Waals surface area contributed by atoms with Gasteiger partial charge in [-0.3, -0.25) is 10.1 Å². The van der Waals surface area contributed by atoms with Crippen molar-refractivity contribution >= 4 is 23.1 Å². The third kappa shape index (κ3) is 3.79. The molecule has 1 aromatic rings. The number of nitro benzene ring substituents is 1. The number of hydrogen-bond donors (Lipinski definition) is 1. The van der Waals surface area contributed by atoms with Crippen LogP contribution < -0.4 is 10.1 Å². The van der Waals surface area contributed by atoms with Gasteiger partial charge in [-0.15, -0.1) is 0 Å². The van der Waals surface area contributed by atoms with Crippen molar-refractivity contribution in [1.82, 2.24) is 0 Å². The molecule has 1 unspecified atom stereocenters. The number of hydrogen-bond acceptors (Lipinski definition) is 5. The maximum absolute atomic E-state index is 11.3. The summed E-state index contributed by atoms with van der Waals surface area (Å²) >= 11 is 1.93. The van der Waals surface area contributed by atoms with E-state index in [1.54, 1.807) is 18.2 Å². The summed E-state index contributed by atoms with van der Waals surface area (Å²) in [7, 11) is 0. The van der Waals surface area contributed by atoms with E-state index in [0.29, 0.717) is 16.7 Å². The molecule has 1 N–H and O–H groups in total. The number of para-hydroxylation sites is 1. The fourth-order valence-electron chi connectivity index (χ4n) is 2.23. The highest BCUT2D eigenvalue weighted by atomic mass is 32.2. The van der Waals surface area contributed by atoms with Crippen molar-refractivity contribution in [1.29, 1.82) is 0 Å². The topological polar surface area (TPSA) is 64.4 Å². The van der Waals surface area contributed by atoms with Gasteiger partial charge in [0.1, 0.15) is 5.69 Å². The predicted molar refractivity (Wildman–Crippen MR) is 82.8 cm³/mol. The molecule has 6 heteroatoms. The third-order valence-corrected chi connectivity index (χ3v) is 4.49. The summed E-state index contributed by atoms with van der Waals surface area (Å²) in [4.78, 5) is 10.9. The molecule has 1 aromatic carbocycles. The van der Waals surface area contributed by atoms with Gasteiger partial charge in [-0.05, 0) is 44.6 Å². The van der Waals surface area contributed by atoms with Crippen molar-refractivity contribution in [3.63, 3.8) is 0 Å². The molecule has 0 saturated carbocycles. The number of ether oxygens (including phenoxy) is 1. The van der Waals surface area contributed by atoms with E-state index in [2.05, 4.69) is 5.32 Å². The largest absolute Gasteiger partial charge is 0.484 e. The van der Waals surface area contributed by atoms with Gasteiger partial charge in [0.15, 0.2) is 5.75 Å². The van der Waals surface area contributed by atoms with Gasteiger partial charge in [0.25, 0.3) is 0 Å². The molecule has 1 saturated heterocycles. The SMILES string of the molecule is CC(C)Oc1cccc(NCC2CCCS2)c1[N+](=O)[O-]. The molecule has 20 heavy (non-hydrogen) atoms. The Kier molecular flexibility index (Phi) is 5.11. The molecule has 1 atom stereocenters. The van der Waals surface area contributed by atoms with Gasteiger partial charge in [-0.1, -0.05) is 6.07 Å². The van der Waals surface area contributed by atoms with Crippen LogP contribution in [0.5, 0.6) is 5.75 Å². The molecule has 1 aliphatic rings. The average Bonchev–Trinajstić information content (AvgIpc) is 2.88. The summed E-state index contributed by atoms with van der Waals surface area (Å²) in [5.74, 6) is 1.51. The van der Waals surface area contributed by atoms with Crippen LogP contribution in [0.4, 0.5) is 11.4 Å². The first-order valence-corrected chi connectivity index (χ1v) is 7.92. The van der Waals surface area contributed by atoms with E-state index in [1.165, 1.54) is 18.6 Å². The molecule has 0 bridgehead atoms. The van der Waals surface area contributed by atoms with Crippen molar-refractivity contribution in [2.75, 3.05) is 17.6 Å². The van der Waals surface area contributed by atoms with Gasteiger partial charge < -0.3 is 10.1 Å². The molecule has 1 heterocycles. The molecule has 0 aliphatic carbocycles. The van der Waals surface area contributed by atoms with Crippen LogP contribution in [0.25, 0.3) is 0 Å². The van der Waals surface area contributed by atoms with Crippen LogP contribution >= 0.6 is 11.8 Å². The molecule has 2 rings (SSSR count). The van der Waals surface area contributed by atoms with Gasteiger partial charge in [0.2, 0.25) is 0 Å². The van der Waals surface area contributed by atoms with E-state index in [1.807, 2.05) is 25.6 Å². The lowest BCUT2D eigenvalue weighted by Crippen LogP contribution is -2.15. The average molecular weight is 296 g/mol. The zero-order chi connectivity index (χ0) is 14.5. The second-order valence-electron chi connectivity index (χ2n) is 5.09. The third-order valence-electron chi connectivity index (χ3n) is 3.09. The number of nitrogens with zero attached hydrogens (tertiary/aromatic N) is 1. The maximum atomic E-state index is 11.3. The number of nitrogens with one attached hydrogen (secondary N) is 1. The van der Waals surface area contributed by atoms with Crippen LogP contribution in [0, 0.1) is 10.1 Å². The van der Waals surface area contributed by atoms with E-state index in [9.17, 15) is 10.1 Å². The van der Waals surface area contributed by atoms with E-state index < -0.39 is 0 Å². The van der Waals surface area contributed by atoms with Crippen LogP contribution in [-0.4, -0.2) is 28.6 Å². The first-order chi connectivity index (χ1) is 9.58. The van der Waals surface area contributed by atoms with E-state index in [0.717, 1.165) is 6.54 Å². The number of anilines is 1. The number of benzene rings is 1. The molecular weight excluding hydrogens is 276 g/mol. The Morgan fingerprint density at radius 3 is 2.95 bits per heavy atom. The lowest BCUT2D eigenvalue weighted by atomic mass is 10.2. The fraction of sp³-hybridized carbons (Fsp3) is 0.571. The van der Waals surface area contributed by atoms with Crippen LogP contribution in [0.1, 0.15) is 26.7 Å². The van der Waals surface area contributed by atoms with E-state index in [-0.39, 0.29) is 16.7 Å². The van der Waals surface area contributed by atoms with Gasteiger partial charge >= 0.3 is 5.69 Å². The Morgan fingerprint density at radius 2 is 2.35 bits per heavy atom. The Balaban J connectivity index is 2.15. The highest BCUT2D eigenvalue weighted by molar-refractivity contribution is 8.00. The minimum atomic E-state index is -0.373. The van der Waals surface area contributed by atoms with Crippen molar-refractivity contribution in [3.8, 4) is 5.75 Å². The van der Waals surface area contributed by atoms with Crippen molar-refractivity contribution in [2.45, 2.75) is 38.0 Å². The van der Waals surface area contributed by atoms with E-state index in [4.69, 9.17) is 4.74 Å². The molecule has 0 spiro atoms. The summed E-state index contributed by atoms with van der Waals surface area (Å²) in [6, 6.07) is 5.17. The van der Waals surface area contributed by atoms with Gasteiger partial charge in [0, 0.05) is 11.8 Å². The molecule has 110 valence electrons. The number of rotatable bonds is 6. The summed E-state index contributed by atoms with van der Waals surface area (Å²) < 4.78 is 5.53. The first-order valence-electron chi connectivity index (χ1n) is 6.87. The number of thioether (sulfide) groups is 1. The zero-order valence-corrected chi connectivity index (χ0v) is 12.6. The highest BCUT2D eigenvalue weighted by Gasteiger charge is 2.23. The second-order valence-corrected chi connectivity index (χ2v) is 6.50. The van der Waals surface area contributed by atoms with Gasteiger partial charge in [0.05, 0.1) is 11.0 Å². The van der Waals surface area contributed by atoms with E-state index >= 15 is 0 Å². The lowest BCUT2D eigenvalue weighted by Gasteiger charge is -2.14. The Labute approximate surface area is 123 Å². The standard InChI is InChI=1S/C14H20N2O3S/c1-10(2)19-13-7-3-6-12(14(13)16(17)18)15-9-11-5-4-8-20-11/h3,6-7,10-11,15H,4-5,8-9H2,1-2H3. The second kappa shape index (κ2) is 6.83. The number of nitro groups is 1. The zero-order valence-electron chi connectivity index (χ0n) is 11.8. The summed E-state index contributed by atoms with van der Waals surface area (Å²) in [6.07, 6.45) is 2.32. The van der Waals surface area contributed by atoms with Crippen LogP contribution in [0.3, 0.4) is 0 Å². The predicted octanol–water partition coefficient (Wildman–Crippen LogP) is 3.69. The maximum Gasteiger partial charge on any atom is 0.333 e. The Bertz CT molecular complexity index is 473. The van der Waals surface area contributed by atoms with Gasteiger partial charge in [-0.25, -0.2) is 0 Å². The van der Waals surface area contributed by atoms with Crippen molar-refractivity contribution < 1.29 is 9.66 Å². The molecule has 0 aromatic heterocycles. The monoisotopic (exact) mass is 296 g/mol. The molecule has 1 aliphatic heterocycles. The van der Waals surface area contributed by atoms with Crippen LogP contribution in [0.2, 0.25) is 0 Å². The molecule has 1 fully saturated rings. The molecular formula is C14H20N2O3S. The smallest absolute Gasteiger partial charge is 0.333 e. The summed E-state index contributed by atoms with van der Waals surface area (Å²) in [5.41, 5.74) is 0.574. The van der Waals surface area contributed by atoms with Gasteiger partial charge in [-0.2, -0.15) is 11.8 Å². The first kappa shape index (κ1) is 15.0.